The minimum Gasteiger partial charge on any atom is -0.322 e. The molecule has 29 heavy (non-hydrogen) atoms. The molecule has 7 nitrogen and oxygen atoms in total. The number of nitrogens with zero attached hydrogens (tertiary/aromatic N) is 1. The number of nitro benzene ring substituents is 1. The maximum absolute atomic E-state index is 12.4. The summed E-state index contributed by atoms with van der Waals surface area (Å²) >= 11 is 0. The maximum atomic E-state index is 12.4. The van der Waals surface area contributed by atoms with E-state index in [1.165, 1.54) is 18.2 Å². The van der Waals surface area contributed by atoms with Crippen LogP contribution in [0.15, 0.2) is 66.7 Å². The lowest BCUT2D eigenvalue weighted by Crippen LogP contribution is -2.14. The molecule has 0 atom stereocenters. The average Bonchev–Trinajstić information content (AvgIpc) is 2.69. The van der Waals surface area contributed by atoms with Crippen molar-refractivity contribution < 1.29 is 14.5 Å². The molecule has 3 rings (SSSR count). The van der Waals surface area contributed by atoms with E-state index in [1.807, 2.05) is 19.1 Å². The lowest BCUT2D eigenvalue weighted by atomic mass is 10.1. The molecule has 0 radical (unpaired) electrons. The Kier molecular flexibility index (Phi) is 5.69. The SMILES string of the molecule is Cc1cccc(C(=O)Nc2ccc(C(=O)Nc3ccc([N+](=O)[O-])cc3C)cc2)c1. The summed E-state index contributed by atoms with van der Waals surface area (Å²) in [4.78, 5) is 35.1. The van der Waals surface area contributed by atoms with Gasteiger partial charge < -0.3 is 10.6 Å². The number of rotatable bonds is 5. The molecule has 0 heterocycles. The number of non-ortho nitro benzene ring substituents is 1. The highest BCUT2D eigenvalue weighted by Gasteiger charge is 2.12. The standard InChI is InChI=1S/C22H19N3O4/c1-14-4-3-5-17(12-14)22(27)23-18-8-6-16(7-9-18)21(26)24-20-11-10-19(25(28)29)13-15(20)2/h3-13H,1-2H3,(H,23,27)(H,24,26). The quantitative estimate of drug-likeness (QED) is 0.487. The molecule has 7 heteroatoms. The van der Waals surface area contributed by atoms with Crippen LogP contribution in [0.25, 0.3) is 0 Å². The van der Waals surface area contributed by atoms with Gasteiger partial charge in [0, 0.05) is 34.6 Å². The molecule has 0 saturated carbocycles. The second kappa shape index (κ2) is 8.35. The predicted molar refractivity (Wildman–Crippen MR) is 111 cm³/mol. The van der Waals surface area contributed by atoms with Crippen molar-refractivity contribution in [1.82, 2.24) is 0 Å². The number of amides is 2. The fourth-order valence-corrected chi connectivity index (χ4v) is 2.79. The molecule has 0 aliphatic rings. The van der Waals surface area contributed by atoms with Crippen molar-refractivity contribution in [3.63, 3.8) is 0 Å². The largest absolute Gasteiger partial charge is 0.322 e. The van der Waals surface area contributed by atoms with Crippen molar-refractivity contribution in [2.45, 2.75) is 13.8 Å². The van der Waals surface area contributed by atoms with Crippen LogP contribution >= 0.6 is 0 Å². The van der Waals surface area contributed by atoms with Crippen LogP contribution in [0.2, 0.25) is 0 Å². The minimum atomic E-state index is -0.484. The van der Waals surface area contributed by atoms with Crippen LogP contribution in [0.5, 0.6) is 0 Å². The van der Waals surface area contributed by atoms with Crippen molar-refractivity contribution in [1.29, 1.82) is 0 Å². The minimum absolute atomic E-state index is 0.0331. The lowest BCUT2D eigenvalue weighted by molar-refractivity contribution is -0.384. The summed E-state index contributed by atoms with van der Waals surface area (Å²) in [6.45, 7) is 3.60. The molecule has 2 amide bonds. The first-order valence-corrected chi connectivity index (χ1v) is 8.88. The molecule has 0 aliphatic heterocycles. The molecule has 3 aromatic carbocycles. The van der Waals surface area contributed by atoms with Crippen molar-refractivity contribution in [2.75, 3.05) is 10.6 Å². The van der Waals surface area contributed by atoms with E-state index in [0.717, 1.165) is 5.56 Å². The second-order valence-corrected chi connectivity index (χ2v) is 6.61. The smallest absolute Gasteiger partial charge is 0.269 e. The molecule has 0 saturated heterocycles. The van der Waals surface area contributed by atoms with E-state index < -0.39 is 4.92 Å². The molecule has 0 aromatic heterocycles. The third-order valence-corrected chi connectivity index (χ3v) is 4.35. The Hall–Kier alpha value is -4.00. The van der Waals surface area contributed by atoms with Crippen molar-refractivity contribution in [2.24, 2.45) is 0 Å². The first-order valence-electron chi connectivity index (χ1n) is 8.88. The number of anilines is 2. The van der Waals surface area contributed by atoms with Gasteiger partial charge in [-0.3, -0.25) is 19.7 Å². The second-order valence-electron chi connectivity index (χ2n) is 6.61. The van der Waals surface area contributed by atoms with E-state index in [2.05, 4.69) is 10.6 Å². The summed E-state index contributed by atoms with van der Waals surface area (Å²) in [7, 11) is 0. The number of carbonyl (C=O) groups is 2. The van der Waals surface area contributed by atoms with Crippen LogP contribution in [-0.2, 0) is 0 Å². The van der Waals surface area contributed by atoms with Crippen molar-refractivity contribution >= 4 is 28.9 Å². The molecule has 2 N–H and O–H groups in total. The Balaban J connectivity index is 1.67. The molecular formula is C22H19N3O4. The molecule has 146 valence electrons. The van der Waals surface area contributed by atoms with Gasteiger partial charge in [-0.25, -0.2) is 0 Å². The van der Waals surface area contributed by atoms with E-state index in [0.29, 0.717) is 28.1 Å². The van der Waals surface area contributed by atoms with Gasteiger partial charge in [0.05, 0.1) is 4.92 Å². The summed E-state index contributed by atoms with van der Waals surface area (Å²) in [6.07, 6.45) is 0. The van der Waals surface area contributed by atoms with Crippen LogP contribution in [0.4, 0.5) is 17.1 Å². The molecule has 0 unspecified atom stereocenters. The van der Waals surface area contributed by atoms with Gasteiger partial charge >= 0.3 is 0 Å². The number of benzene rings is 3. The van der Waals surface area contributed by atoms with Crippen LogP contribution in [0, 0.1) is 24.0 Å². The highest BCUT2D eigenvalue weighted by atomic mass is 16.6. The Labute approximate surface area is 167 Å². The monoisotopic (exact) mass is 389 g/mol. The number of nitro groups is 1. The normalized spacial score (nSPS) is 10.3. The van der Waals surface area contributed by atoms with Gasteiger partial charge in [-0.2, -0.15) is 0 Å². The highest BCUT2D eigenvalue weighted by molar-refractivity contribution is 6.06. The fraction of sp³-hybridized carbons (Fsp3) is 0.0909. The van der Waals surface area contributed by atoms with Crippen molar-refractivity contribution in [3.05, 3.63) is 99.1 Å². The van der Waals surface area contributed by atoms with E-state index in [1.54, 1.807) is 43.3 Å². The predicted octanol–water partition coefficient (Wildman–Crippen LogP) is 4.72. The van der Waals surface area contributed by atoms with E-state index in [9.17, 15) is 19.7 Å². The van der Waals surface area contributed by atoms with Gasteiger partial charge in [-0.05, 0) is 61.9 Å². The summed E-state index contributed by atoms with van der Waals surface area (Å²) in [5.41, 5.74) is 3.57. The molecule has 0 spiro atoms. The summed E-state index contributed by atoms with van der Waals surface area (Å²) < 4.78 is 0. The molecule has 3 aromatic rings. The van der Waals surface area contributed by atoms with Gasteiger partial charge in [0.1, 0.15) is 0 Å². The lowest BCUT2D eigenvalue weighted by Gasteiger charge is -2.10. The zero-order chi connectivity index (χ0) is 21.0. The molecule has 0 bridgehead atoms. The van der Waals surface area contributed by atoms with Crippen LogP contribution in [0.1, 0.15) is 31.8 Å². The van der Waals surface area contributed by atoms with E-state index in [4.69, 9.17) is 0 Å². The number of hydrogen-bond donors (Lipinski definition) is 2. The topological polar surface area (TPSA) is 101 Å². The summed E-state index contributed by atoms with van der Waals surface area (Å²) in [5, 5.41) is 16.3. The Morgan fingerprint density at radius 1 is 0.828 bits per heavy atom. The van der Waals surface area contributed by atoms with E-state index in [-0.39, 0.29) is 17.5 Å². The third-order valence-electron chi connectivity index (χ3n) is 4.35. The summed E-state index contributed by atoms with van der Waals surface area (Å²) in [5.74, 6) is -0.578. The van der Waals surface area contributed by atoms with Gasteiger partial charge in [0.2, 0.25) is 0 Å². The molecular weight excluding hydrogens is 370 g/mol. The zero-order valence-electron chi connectivity index (χ0n) is 15.9. The first kappa shape index (κ1) is 19.8. The number of aryl methyl sites for hydroxylation is 2. The Morgan fingerprint density at radius 2 is 1.52 bits per heavy atom. The first-order chi connectivity index (χ1) is 13.8. The highest BCUT2D eigenvalue weighted by Crippen LogP contribution is 2.22. The summed E-state index contributed by atoms with van der Waals surface area (Å²) in [6, 6.07) is 18.0. The van der Waals surface area contributed by atoms with Crippen molar-refractivity contribution in [3.8, 4) is 0 Å². The van der Waals surface area contributed by atoms with Gasteiger partial charge in [0.15, 0.2) is 0 Å². The van der Waals surface area contributed by atoms with Gasteiger partial charge in [0.25, 0.3) is 17.5 Å². The third kappa shape index (κ3) is 4.84. The number of nitrogens with one attached hydrogen (secondary N) is 2. The zero-order valence-corrected chi connectivity index (χ0v) is 15.9. The van der Waals surface area contributed by atoms with Crippen LogP contribution in [-0.4, -0.2) is 16.7 Å². The number of carbonyl (C=O) groups excluding carboxylic acids is 2. The average molecular weight is 389 g/mol. The van der Waals surface area contributed by atoms with E-state index >= 15 is 0 Å². The Morgan fingerprint density at radius 3 is 2.14 bits per heavy atom. The van der Waals surface area contributed by atoms with Crippen LogP contribution in [0.3, 0.4) is 0 Å². The maximum Gasteiger partial charge on any atom is 0.269 e. The molecule has 0 fully saturated rings. The fourth-order valence-electron chi connectivity index (χ4n) is 2.79. The number of hydrogen-bond acceptors (Lipinski definition) is 4. The molecule has 0 aliphatic carbocycles. The van der Waals surface area contributed by atoms with Gasteiger partial charge in [-0.15, -0.1) is 0 Å². The van der Waals surface area contributed by atoms with Crippen LogP contribution < -0.4 is 10.6 Å². The Bertz CT molecular complexity index is 1090. The van der Waals surface area contributed by atoms with Gasteiger partial charge in [-0.1, -0.05) is 17.7 Å².